The minimum atomic E-state index is 0.179. The number of likely N-dealkylation sites (tertiary alicyclic amines) is 1. The van der Waals surface area contributed by atoms with Gasteiger partial charge in [0.05, 0.1) is 12.6 Å². The minimum absolute atomic E-state index is 0.179. The number of nitrogens with one attached hydrogen (secondary N) is 2. The third kappa shape index (κ3) is 3.35. The van der Waals surface area contributed by atoms with Crippen LogP contribution >= 0.6 is 0 Å². The minimum Gasteiger partial charge on any atom is -0.324 e. The van der Waals surface area contributed by atoms with Crippen LogP contribution in [0.2, 0.25) is 0 Å². The van der Waals surface area contributed by atoms with Gasteiger partial charge in [0.1, 0.15) is 0 Å². The summed E-state index contributed by atoms with van der Waals surface area (Å²) >= 11 is 0. The molecule has 3 rings (SSSR count). The molecular formula is C19H29N2O+. The Morgan fingerprint density at radius 2 is 1.82 bits per heavy atom. The van der Waals surface area contributed by atoms with Gasteiger partial charge in [-0.25, -0.2) is 0 Å². The van der Waals surface area contributed by atoms with E-state index in [1.54, 1.807) is 0 Å². The molecule has 0 bridgehead atoms. The van der Waals surface area contributed by atoms with Crippen LogP contribution in [0.25, 0.3) is 0 Å². The van der Waals surface area contributed by atoms with Crippen LogP contribution < -0.4 is 10.2 Å². The predicted octanol–water partition coefficient (Wildman–Crippen LogP) is 2.48. The van der Waals surface area contributed by atoms with Crippen molar-refractivity contribution in [3.63, 3.8) is 0 Å². The molecule has 0 radical (unpaired) electrons. The van der Waals surface area contributed by atoms with Crippen molar-refractivity contribution in [3.8, 4) is 0 Å². The van der Waals surface area contributed by atoms with Gasteiger partial charge in [-0.05, 0) is 57.1 Å². The van der Waals surface area contributed by atoms with Crippen molar-refractivity contribution in [3.05, 3.63) is 29.3 Å². The van der Waals surface area contributed by atoms with Crippen LogP contribution in [0, 0.1) is 19.8 Å². The zero-order valence-corrected chi connectivity index (χ0v) is 14.0. The summed E-state index contributed by atoms with van der Waals surface area (Å²) in [5.74, 6) is 1.05. The molecule has 3 heteroatoms. The number of para-hydroxylation sites is 1. The van der Waals surface area contributed by atoms with Gasteiger partial charge in [-0.1, -0.05) is 24.6 Å². The Balaban J connectivity index is 1.63. The van der Waals surface area contributed by atoms with Crippen LogP contribution in [0.15, 0.2) is 18.2 Å². The molecule has 120 valence electrons. The highest BCUT2D eigenvalue weighted by Gasteiger charge is 2.37. The van der Waals surface area contributed by atoms with E-state index < -0.39 is 0 Å². The molecule has 1 aromatic carbocycles. The molecule has 1 saturated heterocycles. The Bertz CT molecular complexity index is 518. The van der Waals surface area contributed by atoms with Crippen molar-refractivity contribution in [2.24, 2.45) is 5.92 Å². The van der Waals surface area contributed by atoms with E-state index in [2.05, 4.69) is 31.3 Å². The second-order valence-corrected chi connectivity index (χ2v) is 7.19. The van der Waals surface area contributed by atoms with Crippen molar-refractivity contribution in [1.29, 1.82) is 0 Å². The van der Waals surface area contributed by atoms with Gasteiger partial charge in [0, 0.05) is 11.6 Å². The van der Waals surface area contributed by atoms with E-state index in [1.807, 2.05) is 6.07 Å². The summed E-state index contributed by atoms with van der Waals surface area (Å²) in [6, 6.07) is 6.90. The van der Waals surface area contributed by atoms with Crippen LogP contribution in [-0.4, -0.2) is 25.0 Å². The van der Waals surface area contributed by atoms with E-state index in [4.69, 9.17) is 0 Å². The summed E-state index contributed by atoms with van der Waals surface area (Å²) in [4.78, 5) is 14.1. The molecule has 1 unspecified atom stereocenters. The molecular weight excluding hydrogens is 272 g/mol. The number of aryl methyl sites for hydroxylation is 2. The lowest BCUT2D eigenvalue weighted by Crippen LogP contribution is -3.18. The fraction of sp³-hybridized carbons (Fsp3) is 0.632. The van der Waals surface area contributed by atoms with Crippen molar-refractivity contribution < 1.29 is 9.69 Å². The Hall–Kier alpha value is -1.35. The van der Waals surface area contributed by atoms with E-state index in [-0.39, 0.29) is 5.91 Å². The Morgan fingerprint density at radius 3 is 2.59 bits per heavy atom. The number of hydrogen-bond donors (Lipinski definition) is 2. The lowest BCUT2D eigenvalue weighted by atomic mass is 9.78. The second-order valence-electron chi connectivity index (χ2n) is 7.19. The summed E-state index contributed by atoms with van der Waals surface area (Å²) in [5.41, 5.74) is 3.30. The third-order valence-corrected chi connectivity index (χ3v) is 5.64. The van der Waals surface area contributed by atoms with Crippen LogP contribution in [-0.2, 0) is 4.79 Å². The number of quaternary nitrogens is 1. The highest BCUT2D eigenvalue weighted by Crippen LogP contribution is 2.28. The van der Waals surface area contributed by atoms with E-state index in [0.717, 1.165) is 28.8 Å². The number of rotatable bonds is 3. The van der Waals surface area contributed by atoms with Crippen molar-refractivity contribution >= 4 is 11.6 Å². The third-order valence-electron chi connectivity index (χ3n) is 5.64. The molecule has 1 aromatic rings. The number of anilines is 1. The highest BCUT2D eigenvalue weighted by molar-refractivity contribution is 5.93. The Kier molecular flexibility index (Phi) is 4.82. The van der Waals surface area contributed by atoms with Crippen LogP contribution in [0.3, 0.4) is 0 Å². The molecule has 1 aliphatic heterocycles. The maximum absolute atomic E-state index is 12.5. The van der Waals surface area contributed by atoms with Crippen molar-refractivity contribution in [1.82, 2.24) is 0 Å². The maximum Gasteiger partial charge on any atom is 0.279 e. The van der Waals surface area contributed by atoms with Gasteiger partial charge in [0.2, 0.25) is 0 Å². The average molecular weight is 301 g/mol. The van der Waals surface area contributed by atoms with Gasteiger partial charge < -0.3 is 10.2 Å². The topological polar surface area (TPSA) is 33.5 Å². The number of carbonyl (C=O) groups excluding carboxylic acids is 1. The Morgan fingerprint density at radius 1 is 1.14 bits per heavy atom. The summed E-state index contributed by atoms with van der Waals surface area (Å²) in [7, 11) is 0. The molecule has 3 nitrogen and oxygen atoms in total. The van der Waals surface area contributed by atoms with Crippen LogP contribution in [0.1, 0.15) is 49.7 Å². The first kappa shape index (κ1) is 15.5. The molecule has 2 aliphatic rings. The summed E-state index contributed by atoms with van der Waals surface area (Å²) in [5, 5.41) is 3.16. The molecule has 3 atom stereocenters. The zero-order chi connectivity index (χ0) is 15.5. The SMILES string of the molecule is Cc1cccc(C)c1NC(=O)C[NH+]1CCC[C@@H]2CCCC[C@@H]21. The van der Waals surface area contributed by atoms with E-state index in [9.17, 15) is 4.79 Å². The molecule has 1 amide bonds. The number of carbonyl (C=O) groups is 1. The molecule has 1 saturated carbocycles. The van der Waals surface area contributed by atoms with Gasteiger partial charge in [-0.2, -0.15) is 0 Å². The normalized spacial score (nSPS) is 28.0. The number of fused-ring (bicyclic) bond motifs is 1. The molecule has 2 N–H and O–H groups in total. The first-order chi connectivity index (χ1) is 10.6. The largest absolute Gasteiger partial charge is 0.324 e. The Labute approximate surface area is 134 Å². The smallest absolute Gasteiger partial charge is 0.279 e. The van der Waals surface area contributed by atoms with Crippen molar-refractivity contribution in [2.45, 2.75) is 58.4 Å². The van der Waals surface area contributed by atoms with Crippen LogP contribution in [0.5, 0.6) is 0 Å². The standard InChI is InChI=1S/C19H28N2O/c1-14-7-5-8-15(2)19(14)20-18(22)13-21-12-6-10-16-9-3-4-11-17(16)21/h5,7-8,16-17H,3-4,6,9-13H2,1-2H3,(H,20,22)/p+1/t16-,17-/m0/s1. The number of amides is 1. The van der Waals surface area contributed by atoms with E-state index >= 15 is 0 Å². The zero-order valence-electron chi connectivity index (χ0n) is 14.0. The molecule has 22 heavy (non-hydrogen) atoms. The number of hydrogen-bond acceptors (Lipinski definition) is 1. The second kappa shape index (κ2) is 6.82. The molecule has 0 spiro atoms. The highest BCUT2D eigenvalue weighted by atomic mass is 16.2. The van der Waals surface area contributed by atoms with E-state index in [0.29, 0.717) is 6.54 Å². The van der Waals surface area contributed by atoms with E-state index in [1.165, 1.54) is 50.0 Å². The first-order valence-corrected chi connectivity index (χ1v) is 8.86. The van der Waals surface area contributed by atoms with Gasteiger partial charge in [-0.3, -0.25) is 4.79 Å². The van der Waals surface area contributed by atoms with Gasteiger partial charge in [-0.15, -0.1) is 0 Å². The quantitative estimate of drug-likeness (QED) is 0.883. The molecule has 1 aliphatic carbocycles. The summed E-state index contributed by atoms with van der Waals surface area (Å²) < 4.78 is 0. The maximum atomic E-state index is 12.5. The number of benzene rings is 1. The van der Waals surface area contributed by atoms with Crippen molar-refractivity contribution in [2.75, 3.05) is 18.4 Å². The fourth-order valence-corrected chi connectivity index (χ4v) is 4.49. The average Bonchev–Trinajstić information content (AvgIpc) is 2.51. The van der Waals surface area contributed by atoms with Gasteiger partial charge in [0.25, 0.3) is 5.91 Å². The summed E-state index contributed by atoms with van der Waals surface area (Å²) in [6.07, 6.45) is 8.11. The predicted molar refractivity (Wildman–Crippen MR) is 90.2 cm³/mol. The summed E-state index contributed by atoms with van der Waals surface area (Å²) in [6.45, 7) is 5.93. The lowest BCUT2D eigenvalue weighted by molar-refractivity contribution is -0.928. The monoisotopic (exact) mass is 301 g/mol. The van der Waals surface area contributed by atoms with Gasteiger partial charge in [0.15, 0.2) is 6.54 Å². The molecule has 0 aromatic heterocycles. The molecule has 2 fully saturated rings. The number of piperidine rings is 1. The van der Waals surface area contributed by atoms with Crippen LogP contribution in [0.4, 0.5) is 5.69 Å². The lowest BCUT2D eigenvalue weighted by Gasteiger charge is -2.40. The fourth-order valence-electron chi connectivity index (χ4n) is 4.49. The molecule has 1 heterocycles. The van der Waals surface area contributed by atoms with Gasteiger partial charge >= 0.3 is 0 Å². The first-order valence-electron chi connectivity index (χ1n) is 8.86.